The molecule has 5 heteroatoms. The third-order valence-electron chi connectivity index (χ3n) is 3.15. The number of nitrogens with zero attached hydrogens (tertiary/aromatic N) is 1. The summed E-state index contributed by atoms with van der Waals surface area (Å²) >= 11 is 0. The Balaban J connectivity index is 1.79. The van der Waals surface area contributed by atoms with Crippen LogP contribution in [-0.4, -0.2) is 11.1 Å². The van der Waals surface area contributed by atoms with Gasteiger partial charge in [0.2, 0.25) is 5.88 Å². The highest BCUT2D eigenvalue weighted by atomic mass is 16.5. The first-order chi connectivity index (χ1) is 10.1. The summed E-state index contributed by atoms with van der Waals surface area (Å²) in [5.74, 6) is 0.645. The van der Waals surface area contributed by atoms with Crippen molar-refractivity contribution in [2.24, 2.45) is 0 Å². The maximum absolute atomic E-state index is 12.2. The molecule has 0 saturated carbocycles. The number of anilines is 1. The van der Waals surface area contributed by atoms with Gasteiger partial charge in [-0.05, 0) is 37.6 Å². The molecule has 2 aromatic heterocycles. The van der Waals surface area contributed by atoms with Crippen molar-refractivity contribution < 1.29 is 13.7 Å². The fraction of sp³-hybridized carbons (Fsp3) is 0.125. The van der Waals surface area contributed by atoms with Crippen molar-refractivity contribution in [1.82, 2.24) is 5.16 Å². The topological polar surface area (TPSA) is 68.3 Å². The zero-order valence-electron chi connectivity index (χ0n) is 11.7. The molecule has 0 saturated heterocycles. The molecule has 3 aromatic rings. The second kappa shape index (κ2) is 5.28. The van der Waals surface area contributed by atoms with E-state index in [0.717, 1.165) is 11.1 Å². The van der Waals surface area contributed by atoms with Gasteiger partial charge in [0, 0.05) is 11.6 Å². The molecule has 21 heavy (non-hydrogen) atoms. The molecular formula is C16H14N2O3. The number of rotatable bonds is 3. The van der Waals surface area contributed by atoms with E-state index in [2.05, 4.69) is 10.5 Å². The average molecular weight is 282 g/mol. The third-order valence-corrected chi connectivity index (χ3v) is 3.15. The van der Waals surface area contributed by atoms with Gasteiger partial charge in [0.1, 0.15) is 0 Å². The average Bonchev–Trinajstić information content (AvgIpc) is 3.08. The molecule has 1 aromatic carbocycles. The van der Waals surface area contributed by atoms with Gasteiger partial charge in [0.25, 0.3) is 5.91 Å². The van der Waals surface area contributed by atoms with Crippen LogP contribution in [-0.2, 0) is 0 Å². The molecule has 5 nitrogen and oxygen atoms in total. The molecule has 106 valence electrons. The quantitative estimate of drug-likeness (QED) is 0.793. The summed E-state index contributed by atoms with van der Waals surface area (Å²) in [7, 11) is 0. The third kappa shape index (κ3) is 2.72. The number of benzene rings is 1. The number of carbonyl (C=O) groups excluding carboxylic acids is 1. The van der Waals surface area contributed by atoms with E-state index >= 15 is 0 Å². The Morgan fingerprint density at radius 1 is 1.19 bits per heavy atom. The molecule has 0 aliphatic heterocycles. The first kappa shape index (κ1) is 13.2. The molecule has 1 N–H and O–H groups in total. The van der Waals surface area contributed by atoms with Crippen LogP contribution in [0.4, 0.5) is 5.88 Å². The Bertz CT molecular complexity index is 773. The van der Waals surface area contributed by atoms with Gasteiger partial charge < -0.3 is 8.94 Å². The van der Waals surface area contributed by atoms with Crippen LogP contribution >= 0.6 is 0 Å². The van der Waals surface area contributed by atoms with Crippen molar-refractivity contribution in [3.63, 3.8) is 0 Å². The van der Waals surface area contributed by atoms with Gasteiger partial charge in [0.15, 0.2) is 11.5 Å². The highest BCUT2D eigenvalue weighted by Gasteiger charge is 2.14. The molecule has 0 radical (unpaired) electrons. The normalized spacial score (nSPS) is 10.6. The van der Waals surface area contributed by atoms with Crippen LogP contribution < -0.4 is 5.32 Å². The SMILES string of the molecule is Cc1ccc(C(=O)Nc2cc(-c3ccco3)no2)c(C)c1. The van der Waals surface area contributed by atoms with E-state index < -0.39 is 0 Å². The number of hydrogen-bond acceptors (Lipinski definition) is 4. The number of hydrogen-bond donors (Lipinski definition) is 1. The molecule has 0 aliphatic rings. The summed E-state index contributed by atoms with van der Waals surface area (Å²) in [6.45, 7) is 3.89. The Labute approximate surface area is 121 Å². The second-order valence-electron chi connectivity index (χ2n) is 4.83. The molecule has 0 spiro atoms. The zero-order chi connectivity index (χ0) is 14.8. The fourth-order valence-corrected chi connectivity index (χ4v) is 2.12. The maximum Gasteiger partial charge on any atom is 0.258 e. The van der Waals surface area contributed by atoms with E-state index in [-0.39, 0.29) is 11.8 Å². The number of aryl methyl sites for hydroxylation is 2. The predicted octanol–water partition coefficient (Wildman–Crippen LogP) is 3.80. The van der Waals surface area contributed by atoms with Crippen LogP contribution in [0, 0.1) is 13.8 Å². The van der Waals surface area contributed by atoms with Crippen molar-refractivity contribution in [2.45, 2.75) is 13.8 Å². The second-order valence-corrected chi connectivity index (χ2v) is 4.83. The monoisotopic (exact) mass is 282 g/mol. The van der Waals surface area contributed by atoms with E-state index in [1.54, 1.807) is 30.5 Å². The van der Waals surface area contributed by atoms with Crippen LogP contribution in [0.15, 0.2) is 51.6 Å². The van der Waals surface area contributed by atoms with E-state index in [9.17, 15) is 4.79 Å². The number of nitrogens with one attached hydrogen (secondary N) is 1. The Morgan fingerprint density at radius 2 is 2.05 bits per heavy atom. The minimum absolute atomic E-state index is 0.227. The first-order valence-corrected chi connectivity index (χ1v) is 6.52. The standard InChI is InChI=1S/C16H14N2O3/c1-10-5-6-12(11(2)8-10)16(19)17-15-9-13(18-21-15)14-4-3-7-20-14/h3-9H,1-2H3,(H,17,19). The van der Waals surface area contributed by atoms with Crippen LogP contribution in [0.5, 0.6) is 0 Å². The van der Waals surface area contributed by atoms with Crippen molar-refractivity contribution >= 4 is 11.8 Å². The summed E-state index contributed by atoms with van der Waals surface area (Å²) in [5.41, 5.74) is 3.18. The Kier molecular flexibility index (Phi) is 3.31. The van der Waals surface area contributed by atoms with Crippen molar-refractivity contribution in [3.05, 3.63) is 59.4 Å². The van der Waals surface area contributed by atoms with Gasteiger partial charge in [-0.15, -0.1) is 0 Å². The lowest BCUT2D eigenvalue weighted by molar-refractivity contribution is 0.102. The molecule has 0 atom stereocenters. The lowest BCUT2D eigenvalue weighted by Crippen LogP contribution is -2.12. The lowest BCUT2D eigenvalue weighted by atomic mass is 10.1. The first-order valence-electron chi connectivity index (χ1n) is 6.52. The summed E-state index contributed by atoms with van der Waals surface area (Å²) < 4.78 is 10.3. The lowest BCUT2D eigenvalue weighted by Gasteiger charge is -2.05. The van der Waals surface area contributed by atoms with E-state index in [1.807, 2.05) is 26.0 Å². The molecule has 2 heterocycles. The summed E-state index contributed by atoms with van der Waals surface area (Å²) in [4.78, 5) is 12.2. The molecule has 0 aliphatic carbocycles. The maximum atomic E-state index is 12.2. The summed E-state index contributed by atoms with van der Waals surface area (Å²) in [5, 5.41) is 6.55. The van der Waals surface area contributed by atoms with Gasteiger partial charge in [-0.25, -0.2) is 0 Å². The van der Waals surface area contributed by atoms with E-state index in [4.69, 9.17) is 8.94 Å². The highest BCUT2D eigenvalue weighted by molar-refractivity contribution is 6.04. The zero-order valence-corrected chi connectivity index (χ0v) is 11.7. The molecule has 0 bridgehead atoms. The van der Waals surface area contributed by atoms with Crippen molar-refractivity contribution in [1.29, 1.82) is 0 Å². The Hall–Kier alpha value is -2.82. The van der Waals surface area contributed by atoms with Crippen molar-refractivity contribution in [2.75, 3.05) is 5.32 Å². The molecule has 3 rings (SSSR count). The fourth-order valence-electron chi connectivity index (χ4n) is 2.12. The molecule has 0 unspecified atom stereocenters. The van der Waals surface area contributed by atoms with Gasteiger partial charge in [0.05, 0.1) is 6.26 Å². The summed E-state index contributed by atoms with van der Waals surface area (Å²) in [6, 6.07) is 10.8. The van der Waals surface area contributed by atoms with Crippen LogP contribution in [0.2, 0.25) is 0 Å². The molecule has 1 amide bonds. The van der Waals surface area contributed by atoms with Gasteiger partial charge in [-0.2, -0.15) is 0 Å². The van der Waals surface area contributed by atoms with E-state index in [0.29, 0.717) is 17.0 Å². The molecule has 0 fully saturated rings. The van der Waals surface area contributed by atoms with Crippen LogP contribution in [0.25, 0.3) is 11.5 Å². The highest BCUT2D eigenvalue weighted by Crippen LogP contribution is 2.22. The van der Waals surface area contributed by atoms with Crippen LogP contribution in [0.1, 0.15) is 21.5 Å². The van der Waals surface area contributed by atoms with E-state index in [1.165, 1.54) is 0 Å². The van der Waals surface area contributed by atoms with Crippen LogP contribution in [0.3, 0.4) is 0 Å². The number of aromatic nitrogens is 1. The number of furan rings is 1. The predicted molar refractivity (Wildman–Crippen MR) is 78.1 cm³/mol. The minimum atomic E-state index is -0.227. The summed E-state index contributed by atoms with van der Waals surface area (Å²) in [6.07, 6.45) is 1.55. The van der Waals surface area contributed by atoms with Gasteiger partial charge in [-0.3, -0.25) is 10.1 Å². The van der Waals surface area contributed by atoms with Gasteiger partial charge in [-0.1, -0.05) is 22.9 Å². The Morgan fingerprint density at radius 3 is 2.76 bits per heavy atom. The minimum Gasteiger partial charge on any atom is -0.463 e. The van der Waals surface area contributed by atoms with Gasteiger partial charge >= 0.3 is 0 Å². The number of amides is 1. The smallest absolute Gasteiger partial charge is 0.258 e. The number of carbonyl (C=O) groups is 1. The molecular weight excluding hydrogens is 268 g/mol. The van der Waals surface area contributed by atoms with Crippen molar-refractivity contribution in [3.8, 4) is 11.5 Å². The largest absolute Gasteiger partial charge is 0.463 e.